The first-order valence-corrected chi connectivity index (χ1v) is 6.35. The molecule has 1 amide bonds. The number of amides is 1. The second-order valence-electron chi connectivity index (χ2n) is 4.75. The maximum absolute atomic E-state index is 12.7. The first-order valence-electron chi connectivity index (χ1n) is 6.35. The highest BCUT2D eigenvalue weighted by molar-refractivity contribution is 5.92. The van der Waals surface area contributed by atoms with Crippen LogP contribution in [0.5, 0.6) is 0 Å². The largest absolute Gasteiger partial charge is 0.328 e. The Labute approximate surface area is 112 Å². The lowest BCUT2D eigenvalue weighted by Gasteiger charge is -2.17. The van der Waals surface area contributed by atoms with Gasteiger partial charge in [0.25, 0.3) is 0 Å². The van der Waals surface area contributed by atoms with Crippen molar-refractivity contribution in [2.45, 2.75) is 12.8 Å². The average Bonchev–Trinajstić information content (AvgIpc) is 3.21. The van der Waals surface area contributed by atoms with Crippen molar-refractivity contribution in [2.24, 2.45) is 5.92 Å². The van der Waals surface area contributed by atoms with Crippen LogP contribution in [0.1, 0.15) is 18.4 Å². The van der Waals surface area contributed by atoms with Gasteiger partial charge in [-0.15, -0.1) is 6.42 Å². The van der Waals surface area contributed by atoms with Crippen LogP contribution >= 0.6 is 0 Å². The molecule has 3 heteroatoms. The van der Waals surface area contributed by atoms with Gasteiger partial charge in [-0.05, 0) is 42.5 Å². The molecule has 0 unspecified atom stereocenters. The van der Waals surface area contributed by atoms with Gasteiger partial charge in [-0.3, -0.25) is 4.79 Å². The quantitative estimate of drug-likeness (QED) is 0.586. The van der Waals surface area contributed by atoms with Gasteiger partial charge in [0.2, 0.25) is 5.91 Å². The van der Waals surface area contributed by atoms with Gasteiger partial charge in [0.15, 0.2) is 0 Å². The molecule has 1 aliphatic carbocycles. The number of hydrogen-bond donors (Lipinski definition) is 0. The van der Waals surface area contributed by atoms with Gasteiger partial charge in [0.05, 0.1) is 6.54 Å². The van der Waals surface area contributed by atoms with E-state index in [1.165, 1.54) is 31.1 Å². The summed E-state index contributed by atoms with van der Waals surface area (Å²) in [5, 5.41) is 0. The summed E-state index contributed by atoms with van der Waals surface area (Å²) in [4.78, 5) is 13.7. The molecule has 0 bridgehead atoms. The third-order valence-electron chi connectivity index (χ3n) is 3.06. The predicted molar refractivity (Wildman–Crippen MR) is 73.6 cm³/mol. The summed E-state index contributed by atoms with van der Waals surface area (Å²) in [6, 6.07) is 6.00. The van der Waals surface area contributed by atoms with Crippen molar-refractivity contribution < 1.29 is 9.18 Å². The fraction of sp³-hybridized carbons (Fsp3) is 0.312. The topological polar surface area (TPSA) is 20.3 Å². The zero-order chi connectivity index (χ0) is 13.7. The number of carbonyl (C=O) groups is 1. The first kappa shape index (κ1) is 13.4. The number of rotatable bonds is 5. The lowest BCUT2D eigenvalue weighted by Crippen LogP contribution is -2.31. The highest BCUT2D eigenvalue weighted by Crippen LogP contribution is 2.29. The number of hydrogen-bond acceptors (Lipinski definition) is 1. The zero-order valence-corrected chi connectivity index (χ0v) is 10.7. The lowest BCUT2D eigenvalue weighted by atomic mass is 10.2. The molecule has 0 aromatic heterocycles. The normalized spacial score (nSPS) is 14.3. The van der Waals surface area contributed by atoms with E-state index in [2.05, 4.69) is 5.92 Å². The van der Waals surface area contributed by atoms with Crippen LogP contribution < -0.4 is 0 Å². The van der Waals surface area contributed by atoms with Crippen molar-refractivity contribution >= 4 is 12.0 Å². The van der Waals surface area contributed by atoms with Crippen LogP contribution in [0.25, 0.3) is 6.08 Å². The summed E-state index contributed by atoms with van der Waals surface area (Å²) >= 11 is 0. The van der Waals surface area contributed by atoms with Gasteiger partial charge in [0.1, 0.15) is 5.82 Å². The van der Waals surface area contributed by atoms with E-state index in [-0.39, 0.29) is 11.7 Å². The summed E-state index contributed by atoms with van der Waals surface area (Å²) < 4.78 is 12.7. The van der Waals surface area contributed by atoms with E-state index >= 15 is 0 Å². The van der Waals surface area contributed by atoms with Gasteiger partial charge in [-0.2, -0.15) is 0 Å². The molecule has 0 saturated heterocycles. The molecule has 98 valence electrons. The minimum Gasteiger partial charge on any atom is -0.328 e. The molecule has 1 aliphatic rings. The third kappa shape index (κ3) is 4.26. The Bertz CT molecular complexity index is 509. The SMILES string of the molecule is C#CCN(CC1CC1)C(=O)/C=C/c1ccc(F)cc1. The molecule has 0 heterocycles. The van der Waals surface area contributed by atoms with E-state index in [9.17, 15) is 9.18 Å². The Morgan fingerprint density at radius 3 is 2.68 bits per heavy atom. The number of benzene rings is 1. The summed E-state index contributed by atoms with van der Waals surface area (Å²) in [6.45, 7) is 1.07. The molecule has 1 aromatic carbocycles. The molecule has 2 nitrogen and oxygen atoms in total. The van der Waals surface area contributed by atoms with E-state index in [0.29, 0.717) is 12.5 Å². The standard InChI is InChI=1S/C16H16FNO/c1-2-11-18(12-14-3-4-14)16(19)10-7-13-5-8-15(17)9-6-13/h1,5-10,14H,3-4,11-12H2/b10-7+. The Hall–Kier alpha value is -2.08. The van der Waals surface area contributed by atoms with Crippen LogP contribution in [0.3, 0.4) is 0 Å². The lowest BCUT2D eigenvalue weighted by molar-refractivity contribution is -0.125. The second-order valence-corrected chi connectivity index (χ2v) is 4.75. The zero-order valence-electron chi connectivity index (χ0n) is 10.7. The Balaban J connectivity index is 1.97. The van der Waals surface area contributed by atoms with E-state index in [0.717, 1.165) is 12.1 Å². The predicted octanol–water partition coefficient (Wildman–Crippen LogP) is 2.71. The maximum atomic E-state index is 12.7. The Kier molecular flexibility index (Phi) is 4.35. The molecule has 0 atom stereocenters. The van der Waals surface area contributed by atoms with Crippen LogP contribution in [0.2, 0.25) is 0 Å². The molecular formula is C16H16FNO. The maximum Gasteiger partial charge on any atom is 0.247 e. The van der Waals surface area contributed by atoms with Gasteiger partial charge in [0, 0.05) is 12.6 Å². The molecule has 1 fully saturated rings. The van der Waals surface area contributed by atoms with Gasteiger partial charge in [-0.1, -0.05) is 18.1 Å². The van der Waals surface area contributed by atoms with Crippen molar-refractivity contribution in [1.29, 1.82) is 0 Å². The van der Waals surface area contributed by atoms with Gasteiger partial charge >= 0.3 is 0 Å². The minimum atomic E-state index is -0.286. The first-order chi connectivity index (χ1) is 9.19. The number of halogens is 1. The number of nitrogens with zero attached hydrogens (tertiary/aromatic N) is 1. The summed E-state index contributed by atoms with van der Waals surface area (Å²) in [5.41, 5.74) is 0.793. The Morgan fingerprint density at radius 2 is 2.11 bits per heavy atom. The molecule has 1 saturated carbocycles. The van der Waals surface area contributed by atoms with E-state index < -0.39 is 0 Å². The van der Waals surface area contributed by atoms with Crippen LogP contribution in [-0.2, 0) is 4.79 Å². The van der Waals surface area contributed by atoms with Crippen molar-refractivity contribution in [3.05, 3.63) is 41.7 Å². The van der Waals surface area contributed by atoms with Crippen molar-refractivity contribution in [2.75, 3.05) is 13.1 Å². The minimum absolute atomic E-state index is 0.0887. The second kappa shape index (κ2) is 6.19. The van der Waals surface area contributed by atoms with Crippen LogP contribution in [0, 0.1) is 24.1 Å². The van der Waals surface area contributed by atoms with E-state index in [1.54, 1.807) is 23.1 Å². The fourth-order valence-electron chi connectivity index (χ4n) is 1.80. The number of carbonyl (C=O) groups excluding carboxylic acids is 1. The average molecular weight is 257 g/mol. The molecule has 0 aliphatic heterocycles. The monoisotopic (exact) mass is 257 g/mol. The van der Waals surface area contributed by atoms with Crippen LogP contribution in [0.4, 0.5) is 4.39 Å². The molecule has 0 N–H and O–H groups in total. The molecule has 0 spiro atoms. The smallest absolute Gasteiger partial charge is 0.247 e. The fourth-order valence-corrected chi connectivity index (χ4v) is 1.80. The highest BCUT2D eigenvalue weighted by Gasteiger charge is 2.25. The summed E-state index contributed by atoms with van der Waals surface area (Å²) in [7, 11) is 0. The van der Waals surface area contributed by atoms with Crippen molar-refractivity contribution in [1.82, 2.24) is 4.90 Å². The van der Waals surface area contributed by atoms with Crippen molar-refractivity contribution in [3.63, 3.8) is 0 Å². The third-order valence-corrected chi connectivity index (χ3v) is 3.06. The molecule has 0 radical (unpaired) electrons. The molecule has 19 heavy (non-hydrogen) atoms. The van der Waals surface area contributed by atoms with Crippen LogP contribution in [-0.4, -0.2) is 23.9 Å². The number of terminal acetylenes is 1. The Morgan fingerprint density at radius 1 is 1.42 bits per heavy atom. The van der Waals surface area contributed by atoms with Crippen molar-refractivity contribution in [3.8, 4) is 12.3 Å². The molecule has 2 rings (SSSR count). The molecular weight excluding hydrogens is 241 g/mol. The van der Waals surface area contributed by atoms with E-state index in [1.807, 2.05) is 0 Å². The van der Waals surface area contributed by atoms with Gasteiger partial charge < -0.3 is 4.90 Å². The summed E-state index contributed by atoms with van der Waals surface area (Å²) in [6.07, 6.45) is 10.8. The van der Waals surface area contributed by atoms with Crippen LogP contribution in [0.15, 0.2) is 30.3 Å². The highest BCUT2D eigenvalue weighted by atomic mass is 19.1. The van der Waals surface area contributed by atoms with E-state index in [4.69, 9.17) is 6.42 Å². The van der Waals surface area contributed by atoms with Gasteiger partial charge in [-0.25, -0.2) is 4.39 Å². The molecule has 1 aromatic rings. The summed E-state index contributed by atoms with van der Waals surface area (Å²) in [5.74, 6) is 2.74.